The number of hydrogen-bond acceptors (Lipinski definition) is 3. The van der Waals surface area contributed by atoms with E-state index in [9.17, 15) is 9.59 Å². The third-order valence-corrected chi connectivity index (χ3v) is 6.54. The monoisotopic (exact) mass is 394 g/mol. The molecule has 1 unspecified atom stereocenters. The summed E-state index contributed by atoms with van der Waals surface area (Å²) in [5, 5.41) is 0. The van der Waals surface area contributed by atoms with E-state index in [4.69, 9.17) is 23.2 Å². The van der Waals surface area contributed by atoms with Gasteiger partial charge in [-0.05, 0) is 41.7 Å². The molecule has 2 nitrogen and oxygen atoms in total. The second-order valence-corrected chi connectivity index (χ2v) is 9.44. The van der Waals surface area contributed by atoms with E-state index >= 15 is 0 Å². The fourth-order valence-electron chi connectivity index (χ4n) is 3.45. The largest absolute Gasteiger partial charge is 0.299 e. The molecule has 1 saturated carbocycles. The van der Waals surface area contributed by atoms with Gasteiger partial charge in [-0.2, -0.15) is 0 Å². The second kappa shape index (κ2) is 6.86. The van der Waals surface area contributed by atoms with Gasteiger partial charge in [0.15, 0.2) is 5.78 Å². The van der Waals surface area contributed by atoms with Crippen LogP contribution in [-0.2, 0) is 16.0 Å². The molecule has 0 aliphatic heterocycles. The zero-order valence-electron chi connectivity index (χ0n) is 14.5. The van der Waals surface area contributed by atoms with Crippen LogP contribution in [0.15, 0.2) is 24.3 Å². The van der Waals surface area contributed by atoms with Crippen LogP contribution in [0.3, 0.4) is 0 Å². The highest BCUT2D eigenvalue weighted by atomic mass is 35.5. The maximum absolute atomic E-state index is 13.0. The van der Waals surface area contributed by atoms with Crippen LogP contribution in [0.25, 0.3) is 11.1 Å². The Morgan fingerprint density at radius 3 is 2.52 bits per heavy atom. The van der Waals surface area contributed by atoms with E-state index in [1.165, 1.54) is 11.3 Å². The van der Waals surface area contributed by atoms with Crippen molar-refractivity contribution in [2.24, 2.45) is 5.41 Å². The summed E-state index contributed by atoms with van der Waals surface area (Å²) in [6.45, 7) is 5.90. The summed E-state index contributed by atoms with van der Waals surface area (Å²) in [4.78, 5) is 25.6. The third-order valence-electron chi connectivity index (χ3n) is 5.05. The number of rotatable bonds is 3. The van der Waals surface area contributed by atoms with Crippen molar-refractivity contribution >= 4 is 46.1 Å². The molecule has 132 valence electrons. The molecule has 5 heteroatoms. The molecule has 0 N–H and O–H groups in total. The van der Waals surface area contributed by atoms with Crippen molar-refractivity contribution in [1.82, 2.24) is 0 Å². The Balaban J connectivity index is 2.14. The van der Waals surface area contributed by atoms with E-state index < -0.39 is 11.3 Å². The van der Waals surface area contributed by atoms with Crippen molar-refractivity contribution in [3.05, 3.63) is 44.1 Å². The van der Waals surface area contributed by atoms with E-state index in [0.29, 0.717) is 21.5 Å². The SMILES string of the molecule is CCc1ccc(-c2cc(Cl)sc2Cl)cc1C1C(=O)CCC(C)(C)C1=O. The van der Waals surface area contributed by atoms with Crippen molar-refractivity contribution < 1.29 is 9.59 Å². The summed E-state index contributed by atoms with van der Waals surface area (Å²) in [5.74, 6) is -0.637. The average Bonchev–Trinajstić information content (AvgIpc) is 2.90. The molecule has 0 bridgehead atoms. The lowest BCUT2D eigenvalue weighted by Crippen LogP contribution is -2.39. The van der Waals surface area contributed by atoms with Gasteiger partial charge in [0.1, 0.15) is 16.0 Å². The first kappa shape index (κ1) is 18.6. The Kier molecular flexibility index (Phi) is 5.11. The molecule has 3 rings (SSSR count). The number of carbonyl (C=O) groups is 2. The molecule has 25 heavy (non-hydrogen) atoms. The van der Waals surface area contributed by atoms with Crippen LogP contribution in [0.4, 0.5) is 0 Å². The number of thiophene rings is 1. The molecule has 1 aromatic carbocycles. The zero-order chi connectivity index (χ0) is 18.4. The van der Waals surface area contributed by atoms with Crippen LogP contribution < -0.4 is 0 Å². The number of Topliss-reactive ketones (excluding diaryl/α,β-unsaturated/α-hetero) is 2. The third kappa shape index (κ3) is 3.42. The van der Waals surface area contributed by atoms with Gasteiger partial charge in [0.05, 0.1) is 4.34 Å². The highest BCUT2D eigenvalue weighted by molar-refractivity contribution is 7.20. The number of aryl methyl sites for hydroxylation is 1. The molecular formula is C20H20Cl2O2S. The molecule has 1 aliphatic carbocycles. The number of halogens is 2. The van der Waals surface area contributed by atoms with E-state index in [2.05, 4.69) is 0 Å². The summed E-state index contributed by atoms with van der Waals surface area (Å²) in [7, 11) is 0. The number of carbonyl (C=O) groups excluding carboxylic acids is 2. The molecular weight excluding hydrogens is 375 g/mol. The van der Waals surface area contributed by atoms with E-state index in [1.54, 1.807) is 0 Å². The molecule has 1 atom stereocenters. The summed E-state index contributed by atoms with van der Waals surface area (Å²) in [6, 6.07) is 7.75. The minimum Gasteiger partial charge on any atom is -0.299 e. The number of benzene rings is 1. The average molecular weight is 395 g/mol. The van der Waals surface area contributed by atoms with Gasteiger partial charge in [-0.3, -0.25) is 9.59 Å². The predicted molar refractivity (Wildman–Crippen MR) is 105 cm³/mol. The first-order chi connectivity index (χ1) is 11.7. The minimum atomic E-state index is -0.675. The van der Waals surface area contributed by atoms with Gasteiger partial charge in [0.2, 0.25) is 0 Å². The van der Waals surface area contributed by atoms with E-state index in [1.807, 2.05) is 45.0 Å². The maximum Gasteiger partial charge on any atom is 0.153 e. The summed E-state index contributed by atoms with van der Waals surface area (Å²) in [6.07, 6.45) is 1.83. The molecule has 0 saturated heterocycles. The van der Waals surface area contributed by atoms with Crippen LogP contribution in [0.1, 0.15) is 50.7 Å². The van der Waals surface area contributed by atoms with Gasteiger partial charge >= 0.3 is 0 Å². The van der Waals surface area contributed by atoms with Gasteiger partial charge in [-0.25, -0.2) is 0 Å². The standard InChI is InChI=1S/C20H20Cl2O2S/c1-4-11-5-6-12(14-10-16(21)25-19(14)22)9-13(11)17-15(23)7-8-20(2,3)18(17)24/h5-6,9-10,17H,4,7-8H2,1-3H3. The molecule has 2 aromatic rings. The minimum absolute atomic E-state index is 0.0186. The lowest BCUT2D eigenvalue weighted by molar-refractivity contribution is -0.139. The lowest BCUT2D eigenvalue weighted by Gasteiger charge is -2.33. The Hall–Kier alpha value is -1.16. The zero-order valence-corrected chi connectivity index (χ0v) is 16.8. The number of hydrogen-bond donors (Lipinski definition) is 0. The first-order valence-corrected chi connectivity index (χ1v) is 9.97. The normalized spacial score (nSPS) is 20.1. The molecule has 0 radical (unpaired) electrons. The molecule has 1 aliphatic rings. The molecule has 1 fully saturated rings. The summed E-state index contributed by atoms with van der Waals surface area (Å²) >= 11 is 13.7. The van der Waals surface area contributed by atoms with Crippen molar-refractivity contribution in [2.75, 3.05) is 0 Å². The van der Waals surface area contributed by atoms with Crippen LogP contribution in [0.5, 0.6) is 0 Å². The smallest absolute Gasteiger partial charge is 0.153 e. The van der Waals surface area contributed by atoms with Crippen molar-refractivity contribution in [1.29, 1.82) is 0 Å². The van der Waals surface area contributed by atoms with Gasteiger partial charge in [0, 0.05) is 17.4 Å². The predicted octanol–water partition coefficient (Wildman–Crippen LogP) is 6.33. The second-order valence-electron chi connectivity index (χ2n) is 7.15. The molecule has 1 heterocycles. The fraction of sp³-hybridized carbons (Fsp3) is 0.400. The van der Waals surface area contributed by atoms with Crippen LogP contribution in [-0.4, -0.2) is 11.6 Å². The quantitative estimate of drug-likeness (QED) is 0.570. The Morgan fingerprint density at radius 2 is 1.92 bits per heavy atom. The van der Waals surface area contributed by atoms with Crippen molar-refractivity contribution in [3.63, 3.8) is 0 Å². The van der Waals surface area contributed by atoms with Gasteiger partial charge in [-0.1, -0.05) is 56.1 Å². The summed E-state index contributed by atoms with van der Waals surface area (Å²) in [5.41, 5.74) is 3.12. The van der Waals surface area contributed by atoms with Crippen LogP contribution in [0.2, 0.25) is 8.67 Å². The van der Waals surface area contributed by atoms with Crippen molar-refractivity contribution in [2.45, 2.75) is 46.0 Å². The molecule has 0 spiro atoms. The number of ketones is 2. The topological polar surface area (TPSA) is 34.1 Å². The highest BCUT2D eigenvalue weighted by Gasteiger charge is 2.43. The first-order valence-electron chi connectivity index (χ1n) is 8.39. The summed E-state index contributed by atoms with van der Waals surface area (Å²) < 4.78 is 1.23. The Labute approximate surface area is 162 Å². The lowest BCUT2D eigenvalue weighted by atomic mass is 9.67. The van der Waals surface area contributed by atoms with Crippen LogP contribution >= 0.6 is 34.5 Å². The van der Waals surface area contributed by atoms with Gasteiger partial charge in [0.25, 0.3) is 0 Å². The molecule has 1 aromatic heterocycles. The Bertz CT molecular complexity index is 851. The molecule has 0 amide bonds. The van der Waals surface area contributed by atoms with E-state index in [-0.39, 0.29) is 11.6 Å². The Morgan fingerprint density at radius 1 is 1.20 bits per heavy atom. The van der Waals surface area contributed by atoms with Gasteiger partial charge < -0.3 is 0 Å². The van der Waals surface area contributed by atoms with Crippen LogP contribution in [0, 0.1) is 5.41 Å². The van der Waals surface area contributed by atoms with E-state index in [0.717, 1.165) is 28.7 Å². The highest BCUT2D eigenvalue weighted by Crippen LogP contribution is 2.43. The van der Waals surface area contributed by atoms with Crippen molar-refractivity contribution in [3.8, 4) is 11.1 Å². The van der Waals surface area contributed by atoms with Gasteiger partial charge in [-0.15, -0.1) is 11.3 Å². The maximum atomic E-state index is 13.0. The fourth-order valence-corrected chi connectivity index (χ4v) is 4.95.